The molecule has 0 radical (unpaired) electrons. The molecule has 2 aromatic rings. The number of hydrogen-bond donors (Lipinski definition) is 1. The number of benzene rings is 1. The average Bonchev–Trinajstić information content (AvgIpc) is 2.89. The van der Waals surface area contributed by atoms with Gasteiger partial charge in [0, 0.05) is 18.0 Å². The highest BCUT2D eigenvalue weighted by molar-refractivity contribution is 7.09. The number of anilines is 1. The van der Waals surface area contributed by atoms with Crippen molar-refractivity contribution in [3.8, 4) is 5.75 Å². The van der Waals surface area contributed by atoms with Crippen molar-refractivity contribution in [1.82, 2.24) is 4.98 Å². The van der Waals surface area contributed by atoms with Crippen LogP contribution in [0.25, 0.3) is 0 Å². The predicted molar refractivity (Wildman–Crippen MR) is 72.9 cm³/mol. The van der Waals surface area contributed by atoms with Gasteiger partial charge < -0.3 is 15.2 Å². The Kier molecular flexibility index (Phi) is 4.74. The van der Waals surface area contributed by atoms with Gasteiger partial charge in [-0.3, -0.25) is 9.78 Å². The molecule has 0 fully saturated rings. The number of nitrogens with zero attached hydrogens (tertiary/aromatic N) is 1. The van der Waals surface area contributed by atoms with E-state index < -0.39 is 0 Å². The van der Waals surface area contributed by atoms with Crippen LogP contribution in [0.2, 0.25) is 0 Å². The van der Waals surface area contributed by atoms with Crippen LogP contribution in [0.3, 0.4) is 0 Å². The molecule has 0 aliphatic carbocycles. The maximum Gasteiger partial charge on any atom is 0.309 e. The highest BCUT2D eigenvalue weighted by Crippen LogP contribution is 2.14. The van der Waals surface area contributed by atoms with Crippen molar-refractivity contribution in [2.45, 2.75) is 13.0 Å². The van der Waals surface area contributed by atoms with E-state index in [2.05, 4.69) is 4.98 Å². The van der Waals surface area contributed by atoms with Crippen LogP contribution in [0.15, 0.2) is 36.0 Å². The first-order chi connectivity index (χ1) is 9.24. The van der Waals surface area contributed by atoms with E-state index in [1.54, 1.807) is 36.0 Å². The second kappa shape index (κ2) is 6.75. The van der Waals surface area contributed by atoms with Crippen LogP contribution in [0.5, 0.6) is 5.75 Å². The van der Waals surface area contributed by atoms with Gasteiger partial charge in [0.05, 0.1) is 23.4 Å². The molecule has 0 amide bonds. The summed E-state index contributed by atoms with van der Waals surface area (Å²) in [6, 6.07) is 7.07. The van der Waals surface area contributed by atoms with Crippen LogP contribution in [0.1, 0.15) is 11.3 Å². The summed E-state index contributed by atoms with van der Waals surface area (Å²) in [5.41, 5.74) is 7.95. The van der Waals surface area contributed by atoms with Crippen molar-refractivity contribution < 1.29 is 14.3 Å². The standard InChI is InChI=1S/C13H14N2O3S/c14-10-2-1-3-11(6-10)17-5-4-13(16)18-8-12-7-15-9-19-12/h1-3,6-7,9H,4-5,8,14H2. The molecule has 1 aromatic heterocycles. The number of carbonyl (C=O) groups excluding carboxylic acids is 1. The maximum atomic E-state index is 11.5. The molecule has 0 bridgehead atoms. The zero-order valence-electron chi connectivity index (χ0n) is 10.2. The van der Waals surface area contributed by atoms with Gasteiger partial charge in [-0.1, -0.05) is 6.07 Å². The molecule has 19 heavy (non-hydrogen) atoms. The fourth-order valence-electron chi connectivity index (χ4n) is 1.39. The van der Waals surface area contributed by atoms with Crippen LogP contribution in [-0.2, 0) is 16.1 Å². The molecule has 1 heterocycles. The van der Waals surface area contributed by atoms with Gasteiger partial charge in [-0.25, -0.2) is 0 Å². The van der Waals surface area contributed by atoms with Gasteiger partial charge in [-0.15, -0.1) is 11.3 Å². The molecule has 2 N–H and O–H groups in total. The lowest BCUT2D eigenvalue weighted by molar-refractivity contribution is -0.145. The fraction of sp³-hybridized carbons (Fsp3) is 0.231. The number of aromatic nitrogens is 1. The minimum Gasteiger partial charge on any atom is -0.493 e. The lowest BCUT2D eigenvalue weighted by atomic mass is 10.3. The Morgan fingerprint density at radius 2 is 2.32 bits per heavy atom. The van der Waals surface area contributed by atoms with Crippen molar-refractivity contribution in [1.29, 1.82) is 0 Å². The molecule has 0 aliphatic heterocycles. The van der Waals surface area contributed by atoms with E-state index in [0.29, 0.717) is 11.4 Å². The third kappa shape index (κ3) is 4.59. The Hall–Kier alpha value is -2.08. The van der Waals surface area contributed by atoms with E-state index in [-0.39, 0.29) is 25.6 Å². The summed E-state index contributed by atoms with van der Waals surface area (Å²) in [4.78, 5) is 16.3. The summed E-state index contributed by atoms with van der Waals surface area (Å²) < 4.78 is 10.5. The van der Waals surface area contributed by atoms with Gasteiger partial charge in [0.25, 0.3) is 0 Å². The normalized spacial score (nSPS) is 10.1. The summed E-state index contributed by atoms with van der Waals surface area (Å²) in [6.07, 6.45) is 1.88. The first-order valence-electron chi connectivity index (χ1n) is 5.75. The minimum absolute atomic E-state index is 0.202. The lowest BCUT2D eigenvalue weighted by Crippen LogP contribution is -2.09. The molecule has 0 unspecified atom stereocenters. The third-order valence-electron chi connectivity index (χ3n) is 2.29. The SMILES string of the molecule is Nc1cccc(OCCC(=O)OCc2cncs2)c1. The zero-order valence-corrected chi connectivity index (χ0v) is 11.1. The second-order valence-corrected chi connectivity index (χ2v) is 4.77. The number of thiazole rings is 1. The zero-order chi connectivity index (χ0) is 13.5. The maximum absolute atomic E-state index is 11.5. The van der Waals surface area contributed by atoms with E-state index in [1.165, 1.54) is 11.3 Å². The van der Waals surface area contributed by atoms with Gasteiger partial charge in [-0.05, 0) is 12.1 Å². The van der Waals surface area contributed by atoms with Gasteiger partial charge in [-0.2, -0.15) is 0 Å². The van der Waals surface area contributed by atoms with Gasteiger partial charge in [0.2, 0.25) is 0 Å². The molecule has 0 saturated heterocycles. The molecule has 0 saturated carbocycles. The van der Waals surface area contributed by atoms with Crippen LogP contribution in [-0.4, -0.2) is 17.6 Å². The van der Waals surface area contributed by atoms with Crippen LogP contribution in [0, 0.1) is 0 Å². The number of hydrogen-bond acceptors (Lipinski definition) is 6. The van der Waals surface area contributed by atoms with Crippen molar-refractivity contribution in [2.75, 3.05) is 12.3 Å². The monoisotopic (exact) mass is 278 g/mol. The van der Waals surface area contributed by atoms with Crippen LogP contribution in [0.4, 0.5) is 5.69 Å². The Labute approximate surface area is 115 Å². The van der Waals surface area contributed by atoms with E-state index in [9.17, 15) is 4.79 Å². The molecular weight excluding hydrogens is 264 g/mol. The largest absolute Gasteiger partial charge is 0.493 e. The minimum atomic E-state index is -0.294. The highest BCUT2D eigenvalue weighted by Gasteiger charge is 2.05. The molecule has 0 atom stereocenters. The number of rotatable bonds is 6. The molecule has 100 valence electrons. The molecule has 6 heteroatoms. The molecule has 1 aromatic carbocycles. The van der Waals surface area contributed by atoms with Gasteiger partial charge >= 0.3 is 5.97 Å². The lowest BCUT2D eigenvalue weighted by Gasteiger charge is -2.06. The average molecular weight is 278 g/mol. The Morgan fingerprint density at radius 3 is 3.05 bits per heavy atom. The first-order valence-corrected chi connectivity index (χ1v) is 6.63. The topological polar surface area (TPSA) is 74.4 Å². The van der Waals surface area contributed by atoms with Crippen LogP contribution >= 0.6 is 11.3 Å². The molecule has 0 aliphatic rings. The molecule has 5 nitrogen and oxygen atoms in total. The number of ether oxygens (including phenoxy) is 2. The predicted octanol–water partition coefficient (Wildman–Crippen LogP) is 2.24. The fourth-order valence-corrected chi connectivity index (χ4v) is 1.90. The van der Waals surface area contributed by atoms with Crippen LogP contribution < -0.4 is 10.5 Å². The summed E-state index contributed by atoms with van der Waals surface area (Å²) in [7, 11) is 0. The summed E-state index contributed by atoms with van der Waals surface area (Å²) >= 11 is 1.45. The van der Waals surface area contributed by atoms with Crippen molar-refractivity contribution >= 4 is 23.0 Å². The Bertz CT molecular complexity index is 528. The van der Waals surface area contributed by atoms with Crippen molar-refractivity contribution in [3.63, 3.8) is 0 Å². The highest BCUT2D eigenvalue weighted by atomic mass is 32.1. The van der Waals surface area contributed by atoms with Crippen molar-refractivity contribution in [2.24, 2.45) is 0 Å². The Morgan fingerprint density at radius 1 is 1.42 bits per heavy atom. The number of nitrogen functional groups attached to an aromatic ring is 1. The Balaban J connectivity index is 1.66. The molecule has 0 spiro atoms. The van der Waals surface area contributed by atoms with Gasteiger partial charge in [0.15, 0.2) is 0 Å². The van der Waals surface area contributed by atoms with E-state index in [0.717, 1.165) is 4.88 Å². The van der Waals surface area contributed by atoms with E-state index in [4.69, 9.17) is 15.2 Å². The van der Waals surface area contributed by atoms with Gasteiger partial charge in [0.1, 0.15) is 12.4 Å². The first kappa shape index (κ1) is 13.4. The summed E-state index contributed by atoms with van der Waals surface area (Å²) in [5, 5.41) is 0. The van der Waals surface area contributed by atoms with E-state index in [1.807, 2.05) is 0 Å². The smallest absolute Gasteiger partial charge is 0.309 e. The van der Waals surface area contributed by atoms with Crippen molar-refractivity contribution in [3.05, 3.63) is 40.8 Å². The van der Waals surface area contributed by atoms with E-state index >= 15 is 0 Å². The second-order valence-electron chi connectivity index (χ2n) is 3.80. The third-order valence-corrected chi connectivity index (χ3v) is 3.05. The molecular formula is C13H14N2O3S. The summed E-state index contributed by atoms with van der Waals surface area (Å²) in [5.74, 6) is 0.354. The number of esters is 1. The summed E-state index contributed by atoms with van der Waals surface area (Å²) in [6.45, 7) is 0.534. The quantitative estimate of drug-likeness (QED) is 0.648. The number of carbonyl (C=O) groups is 1. The molecule has 2 rings (SSSR count). The number of nitrogens with two attached hydrogens (primary N) is 1.